The fourth-order valence-corrected chi connectivity index (χ4v) is 2.74. The van der Waals surface area contributed by atoms with Crippen LogP contribution >= 0.6 is 34.8 Å². The molecule has 130 valence electrons. The number of carbonyl (C=O) groups is 2. The molecule has 0 atom stereocenters. The van der Waals surface area contributed by atoms with Crippen LogP contribution in [0, 0.1) is 9.49 Å². The van der Waals surface area contributed by atoms with Gasteiger partial charge in [-0.25, -0.2) is 0 Å². The smallest absolute Gasteiger partial charge is 0.258 e. The summed E-state index contributed by atoms with van der Waals surface area (Å²) in [6.07, 6.45) is 0. The Hall–Kier alpha value is -2.00. The summed E-state index contributed by atoms with van der Waals surface area (Å²) in [7, 11) is 0. The van der Waals surface area contributed by atoms with E-state index < -0.39 is 0 Å². The highest BCUT2D eigenvalue weighted by molar-refractivity contribution is 14.1. The number of hydrogen-bond donors (Lipinski definition) is 3. The number of halogens is 1. The van der Waals surface area contributed by atoms with Crippen LogP contribution in [0.3, 0.4) is 0 Å². The van der Waals surface area contributed by atoms with E-state index in [2.05, 4.69) is 38.5 Å². The van der Waals surface area contributed by atoms with Crippen molar-refractivity contribution in [1.29, 1.82) is 0 Å². The molecule has 0 aliphatic carbocycles. The van der Waals surface area contributed by atoms with Crippen molar-refractivity contribution >= 4 is 63.1 Å². The lowest BCUT2D eigenvalue weighted by molar-refractivity contribution is -0.118. The number of thiocarbonyl (C=S) groups is 1. The predicted molar refractivity (Wildman–Crippen MR) is 113 cm³/mol. The minimum Gasteiger partial charge on any atom is -0.332 e. The standard InChI is InChI=1S/C18H18IN3O2S/c1-11(2)16(23)20-12-7-9-13(10-8-12)21-18(25)22-17(24)14-5-3-4-6-15(14)19/h3-11H,1-2H3,(H,20,23)(H2,21,22,24,25). The number of hydrogen-bond acceptors (Lipinski definition) is 3. The van der Waals surface area contributed by atoms with Crippen LogP contribution in [-0.2, 0) is 4.79 Å². The highest BCUT2D eigenvalue weighted by atomic mass is 127. The molecule has 0 saturated heterocycles. The molecule has 3 N–H and O–H groups in total. The molecule has 0 fully saturated rings. The van der Waals surface area contributed by atoms with Crippen LogP contribution < -0.4 is 16.0 Å². The van der Waals surface area contributed by atoms with E-state index >= 15 is 0 Å². The van der Waals surface area contributed by atoms with Gasteiger partial charge in [-0.15, -0.1) is 0 Å². The maximum Gasteiger partial charge on any atom is 0.258 e. The molecule has 0 saturated carbocycles. The molecule has 2 aromatic rings. The summed E-state index contributed by atoms with van der Waals surface area (Å²) in [5.41, 5.74) is 1.99. The van der Waals surface area contributed by atoms with Gasteiger partial charge in [-0.05, 0) is 71.2 Å². The van der Waals surface area contributed by atoms with Crippen LogP contribution in [0.1, 0.15) is 24.2 Å². The molecule has 0 aromatic heterocycles. The number of amides is 2. The average Bonchev–Trinajstić information content (AvgIpc) is 2.56. The monoisotopic (exact) mass is 467 g/mol. The highest BCUT2D eigenvalue weighted by Gasteiger charge is 2.11. The van der Waals surface area contributed by atoms with E-state index in [-0.39, 0.29) is 22.8 Å². The van der Waals surface area contributed by atoms with Gasteiger partial charge in [0, 0.05) is 20.9 Å². The zero-order valence-electron chi connectivity index (χ0n) is 13.8. The van der Waals surface area contributed by atoms with Crippen LogP contribution in [0.5, 0.6) is 0 Å². The topological polar surface area (TPSA) is 70.2 Å². The van der Waals surface area contributed by atoms with Crippen LogP contribution in [0.2, 0.25) is 0 Å². The molecular formula is C18H18IN3O2S. The van der Waals surface area contributed by atoms with Crippen LogP contribution in [0.15, 0.2) is 48.5 Å². The van der Waals surface area contributed by atoms with Gasteiger partial charge in [0.25, 0.3) is 5.91 Å². The summed E-state index contributed by atoms with van der Waals surface area (Å²) in [6.45, 7) is 3.67. The molecule has 0 heterocycles. The summed E-state index contributed by atoms with van der Waals surface area (Å²) in [6, 6.07) is 14.4. The Morgan fingerprint density at radius 1 is 0.960 bits per heavy atom. The van der Waals surface area contributed by atoms with Crippen molar-refractivity contribution in [2.24, 2.45) is 5.92 Å². The summed E-state index contributed by atoms with van der Waals surface area (Å²) in [4.78, 5) is 23.9. The number of rotatable bonds is 4. The van der Waals surface area contributed by atoms with Gasteiger partial charge in [-0.1, -0.05) is 26.0 Å². The first-order chi connectivity index (χ1) is 11.9. The third kappa shape index (κ3) is 5.79. The summed E-state index contributed by atoms with van der Waals surface area (Å²) >= 11 is 7.28. The Kier molecular flexibility index (Phi) is 6.89. The van der Waals surface area contributed by atoms with E-state index in [0.717, 1.165) is 9.26 Å². The van der Waals surface area contributed by atoms with Gasteiger partial charge in [0.15, 0.2) is 5.11 Å². The first kappa shape index (κ1) is 19.3. The summed E-state index contributed by atoms with van der Waals surface area (Å²) < 4.78 is 0.852. The highest BCUT2D eigenvalue weighted by Crippen LogP contribution is 2.15. The number of carbonyl (C=O) groups excluding carboxylic acids is 2. The molecule has 25 heavy (non-hydrogen) atoms. The third-order valence-corrected chi connectivity index (χ3v) is 4.43. The zero-order valence-corrected chi connectivity index (χ0v) is 16.8. The van der Waals surface area contributed by atoms with Crippen molar-refractivity contribution in [3.8, 4) is 0 Å². The normalized spacial score (nSPS) is 10.2. The fourth-order valence-electron chi connectivity index (χ4n) is 1.90. The largest absolute Gasteiger partial charge is 0.332 e. The minimum atomic E-state index is -0.261. The Labute approximate surface area is 165 Å². The van der Waals surface area contributed by atoms with Gasteiger partial charge in [-0.2, -0.15) is 0 Å². The lowest BCUT2D eigenvalue weighted by atomic mass is 10.2. The van der Waals surface area contributed by atoms with E-state index in [1.54, 1.807) is 36.4 Å². The second-order valence-electron chi connectivity index (χ2n) is 5.61. The van der Waals surface area contributed by atoms with E-state index in [0.29, 0.717) is 11.3 Å². The van der Waals surface area contributed by atoms with Crippen molar-refractivity contribution < 1.29 is 9.59 Å². The Morgan fingerprint density at radius 2 is 1.52 bits per heavy atom. The third-order valence-electron chi connectivity index (χ3n) is 3.28. The van der Waals surface area contributed by atoms with Gasteiger partial charge in [-0.3, -0.25) is 14.9 Å². The molecule has 0 unspecified atom stereocenters. The van der Waals surface area contributed by atoms with Crippen molar-refractivity contribution in [2.45, 2.75) is 13.8 Å². The Balaban J connectivity index is 1.93. The lowest BCUT2D eigenvalue weighted by Crippen LogP contribution is -2.34. The zero-order chi connectivity index (χ0) is 18.4. The first-order valence-corrected chi connectivity index (χ1v) is 9.13. The molecule has 5 nitrogen and oxygen atoms in total. The van der Waals surface area contributed by atoms with Crippen molar-refractivity contribution in [1.82, 2.24) is 5.32 Å². The molecular weight excluding hydrogens is 449 g/mol. The quantitative estimate of drug-likeness (QED) is 0.470. The SMILES string of the molecule is CC(C)C(=O)Nc1ccc(NC(=S)NC(=O)c2ccccc2I)cc1. The Bertz CT molecular complexity index is 791. The fraction of sp³-hybridized carbons (Fsp3) is 0.167. The predicted octanol–water partition coefficient (Wildman–Crippen LogP) is 4.01. The van der Waals surface area contributed by atoms with E-state index in [1.165, 1.54) is 0 Å². The first-order valence-electron chi connectivity index (χ1n) is 7.64. The van der Waals surface area contributed by atoms with Gasteiger partial charge in [0.1, 0.15) is 0 Å². The average molecular weight is 467 g/mol. The van der Waals surface area contributed by atoms with Crippen molar-refractivity contribution in [3.05, 3.63) is 57.7 Å². The summed E-state index contributed by atoms with van der Waals surface area (Å²) in [5.74, 6) is -0.384. The van der Waals surface area contributed by atoms with Gasteiger partial charge in [0.2, 0.25) is 5.91 Å². The van der Waals surface area contributed by atoms with E-state index in [1.807, 2.05) is 26.0 Å². The lowest BCUT2D eigenvalue weighted by Gasteiger charge is -2.12. The molecule has 0 aliphatic rings. The van der Waals surface area contributed by atoms with Crippen LogP contribution in [-0.4, -0.2) is 16.9 Å². The molecule has 0 bridgehead atoms. The minimum absolute atomic E-state index is 0.0408. The maximum atomic E-state index is 12.2. The van der Waals surface area contributed by atoms with Gasteiger partial charge >= 0.3 is 0 Å². The molecule has 2 aromatic carbocycles. The van der Waals surface area contributed by atoms with Crippen molar-refractivity contribution in [2.75, 3.05) is 10.6 Å². The molecule has 7 heteroatoms. The van der Waals surface area contributed by atoms with Crippen LogP contribution in [0.4, 0.5) is 11.4 Å². The molecule has 2 amide bonds. The number of anilines is 2. The second kappa shape index (κ2) is 8.91. The van der Waals surface area contributed by atoms with E-state index in [4.69, 9.17) is 12.2 Å². The Morgan fingerprint density at radius 3 is 2.08 bits per heavy atom. The second-order valence-corrected chi connectivity index (χ2v) is 7.18. The molecule has 0 spiro atoms. The van der Waals surface area contributed by atoms with Gasteiger partial charge in [0.05, 0.1) is 5.56 Å². The summed E-state index contributed by atoms with van der Waals surface area (Å²) in [5, 5.41) is 8.63. The van der Waals surface area contributed by atoms with Gasteiger partial charge < -0.3 is 10.6 Å². The van der Waals surface area contributed by atoms with Crippen molar-refractivity contribution in [3.63, 3.8) is 0 Å². The molecule has 2 rings (SSSR count). The van der Waals surface area contributed by atoms with Crippen LogP contribution in [0.25, 0.3) is 0 Å². The molecule has 0 radical (unpaired) electrons. The van der Waals surface area contributed by atoms with E-state index in [9.17, 15) is 9.59 Å². The number of benzene rings is 2. The maximum absolute atomic E-state index is 12.2. The number of nitrogens with one attached hydrogen (secondary N) is 3. The molecule has 0 aliphatic heterocycles.